The lowest BCUT2D eigenvalue weighted by atomic mass is 10.1. The Hall–Kier alpha value is -1.77. The van der Waals surface area contributed by atoms with Gasteiger partial charge < -0.3 is 0 Å². The van der Waals surface area contributed by atoms with E-state index in [4.69, 9.17) is 5.73 Å². The summed E-state index contributed by atoms with van der Waals surface area (Å²) in [5.74, 6) is 0.770. The molecule has 0 unspecified atom stereocenters. The van der Waals surface area contributed by atoms with E-state index in [9.17, 15) is 0 Å². The zero-order valence-corrected chi connectivity index (χ0v) is 8.44. The lowest BCUT2D eigenvalue weighted by molar-refractivity contribution is -0.737. The highest BCUT2D eigenvalue weighted by Crippen LogP contribution is 2.18. The Morgan fingerprint density at radius 3 is 2.36 bits per heavy atom. The van der Waals surface area contributed by atoms with E-state index in [1.807, 2.05) is 47.7 Å². The molecule has 0 atom stereocenters. The third-order valence-corrected chi connectivity index (χ3v) is 2.53. The van der Waals surface area contributed by atoms with Crippen molar-refractivity contribution in [3.8, 4) is 11.3 Å². The maximum Gasteiger partial charge on any atom is 0.293 e. The molecule has 0 aliphatic carbocycles. The van der Waals surface area contributed by atoms with Gasteiger partial charge in [0.1, 0.15) is 7.05 Å². The van der Waals surface area contributed by atoms with Gasteiger partial charge in [0.25, 0.3) is 5.82 Å². The minimum atomic E-state index is 0.770. The van der Waals surface area contributed by atoms with Crippen LogP contribution in [0.1, 0.15) is 0 Å². The van der Waals surface area contributed by atoms with Crippen LogP contribution in [0.2, 0.25) is 0 Å². The van der Waals surface area contributed by atoms with Gasteiger partial charge in [-0.05, 0) is 0 Å². The Morgan fingerprint density at radius 2 is 1.86 bits per heavy atom. The van der Waals surface area contributed by atoms with Crippen molar-refractivity contribution in [3.05, 3.63) is 36.4 Å². The number of nitrogen functional groups attached to an aromatic ring is 1. The molecule has 0 aliphatic rings. The molecular weight excluding hydrogens is 174 g/mol. The van der Waals surface area contributed by atoms with Crippen molar-refractivity contribution in [3.63, 3.8) is 0 Å². The third-order valence-electron chi connectivity index (χ3n) is 2.53. The van der Waals surface area contributed by atoms with Gasteiger partial charge in [-0.15, -0.1) is 0 Å². The highest BCUT2D eigenvalue weighted by molar-refractivity contribution is 5.61. The van der Waals surface area contributed by atoms with E-state index in [0.717, 1.165) is 11.5 Å². The molecule has 2 aromatic rings. The number of hydrogen-bond donors (Lipinski definition) is 1. The maximum atomic E-state index is 5.82. The van der Waals surface area contributed by atoms with Crippen molar-refractivity contribution in [2.24, 2.45) is 14.1 Å². The number of rotatable bonds is 1. The fourth-order valence-electron chi connectivity index (χ4n) is 1.54. The molecule has 1 heterocycles. The Kier molecular flexibility index (Phi) is 2.00. The molecule has 0 spiro atoms. The number of nitrogens with two attached hydrogens (primary N) is 1. The second kappa shape index (κ2) is 3.18. The average Bonchev–Trinajstić information content (AvgIpc) is 2.47. The first-order valence-corrected chi connectivity index (χ1v) is 4.57. The van der Waals surface area contributed by atoms with E-state index in [1.165, 1.54) is 5.56 Å². The molecule has 2 rings (SSSR count). The second-order valence-corrected chi connectivity index (χ2v) is 3.37. The van der Waals surface area contributed by atoms with Gasteiger partial charge in [-0.1, -0.05) is 30.3 Å². The highest BCUT2D eigenvalue weighted by atomic mass is 15.4. The summed E-state index contributed by atoms with van der Waals surface area (Å²) in [5.41, 5.74) is 8.13. The molecule has 0 amide bonds. The van der Waals surface area contributed by atoms with Crippen LogP contribution in [0, 0.1) is 0 Å². The Morgan fingerprint density at radius 1 is 1.21 bits per heavy atom. The van der Waals surface area contributed by atoms with Crippen LogP contribution in [0.5, 0.6) is 0 Å². The predicted molar refractivity (Wildman–Crippen MR) is 56.4 cm³/mol. The van der Waals surface area contributed by atoms with Gasteiger partial charge in [-0.25, -0.2) is 4.68 Å². The van der Waals surface area contributed by atoms with E-state index in [0.29, 0.717) is 0 Å². The van der Waals surface area contributed by atoms with Crippen molar-refractivity contribution in [2.75, 3.05) is 5.73 Å². The SMILES string of the molecule is Cn1c(-c2ccccc2)cc(N)[n+]1C. The van der Waals surface area contributed by atoms with Crippen LogP contribution in [0.4, 0.5) is 5.82 Å². The summed E-state index contributed by atoms with van der Waals surface area (Å²) >= 11 is 0. The fourth-order valence-corrected chi connectivity index (χ4v) is 1.54. The van der Waals surface area contributed by atoms with E-state index < -0.39 is 0 Å². The van der Waals surface area contributed by atoms with Crippen LogP contribution in [-0.2, 0) is 14.1 Å². The van der Waals surface area contributed by atoms with Crippen LogP contribution < -0.4 is 10.4 Å². The summed E-state index contributed by atoms with van der Waals surface area (Å²) in [6, 6.07) is 12.2. The fraction of sp³-hybridized carbons (Fsp3) is 0.182. The molecule has 14 heavy (non-hydrogen) atoms. The first-order valence-electron chi connectivity index (χ1n) is 4.57. The van der Waals surface area contributed by atoms with Crippen LogP contribution >= 0.6 is 0 Å². The molecular formula is C11H14N3+. The zero-order chi connectivity index (χ0) is 10.1. The van der Waals surface area contributed by atoms with Gasteiger partial charge in [0.2, 0.25) is 0 Å². The van der Waals surface area contributed by atoms with Gasteiger partial charge in [-0.2, -0.15) is 4.68 Å². The smallest absolute Gasteiger partial charge is 0.285 e. The molecule has 2 N–H and O–H groups in total. The summed E-state index contributed by atoms with van der Waals surface area (Å²) in [6.45, 7) is 0. The summed E-state index contributed by atoms with van der Waals surface area (Å²) < 4.78 is 3.95. The topological polar surface area (TPSA) is 34.8 Å². The summed E-state index contributed by atoms with van der Waals surface area (Å²) in [6.07, 6.45) is 0. The highest BCUT2D eigenvalue weighted by Gasteiger charge is 2.11. The van der Waals surface area contributed by atoms with Crippen molar-refractivity contribution in [1.82, 2.24) is 4.68 Å². The third kappa shape index (κ3) is 1.27. The minimum Gasteiger partial charge on any atom is -0.285 e. The predicted octanol–water partition coefficient (Wildman–Crippen LogP) is 1.10. The van der Waals surface area contributed by atoms with E-state index in [1.54, 1.807) is 0 Å². The zero-order valence-electron chi connectivity index (χ0n) is 8.44. The maximum absolute atomic E-state index is 5.82. The number of anilines is 1. The molecule has 1 aromatic heterocycles. The summed E-state index contributed by atoms with van der Waals surface area (Å²) in [5, 5.41) is 0. The number of benzene rings is 1. The lowest BCUT2D eigenvalue weighted by Crippen LogP contribution is -2.39. The van der Waals surface area contributed by atoms with E-state index in [2.05, 4.69) is 12.1 Å². The molecule has 0 saturated carbocycles. The average molecular weight is 188 g/mol. The van der Waals surface area contributed by atoms with Crippen LogP contribution in [-0.4, -0.2) is 4.68 Å². The quantitative estimate of drug-likeness (QED) is 0.668. The van der Waals surface area contributed by atoms with E-state index >= 15 is 0 Å². The van der Waals surface area contributed by atoms with Crippen LogP contribution in [0.25, 0.3) is 11.3 Å². The Labute approximate surface area is 83.4 Å². The molecule has 72 valence electrons. The summed E-state index contributed by atoms with van der Waals surface area (Å²) in [4.78, 5) is 0. The molecule has 1 aromatic carbocycles. The molecule has 3 nitrogen and oxygen atoms in total. The van der Waals surface area contributed by atoms with Gasteiger partial charge in [-0.3, -0.25) is 5.73 Å². The van der Waals surface area contributed by atoms with Gasteiger partial charge in [0.15, 0.2) is 0 Å². The number of hydrogen-bond acceptors (Lipinski definition) is 1. The summed E-state index contributed by atoms with van der Waals surface area (Å²) in [7, 11) is 3.94. The van der Waals surface area contributed by atoms with E-state index in [-0.39, 0.29) is 0 Å². The standard InChI is InChI=1S/C11H13N3/c1-13-10(8-11(12)14(13)2)9-6-4-3-5-7-9/h3-8,12H,1-2H3/p+1. The van der Waals surface area contributed by atoms with Gasteiger partial charge >= 0.3 is 0 Å². The molecule has 0 bridgehead atoms. The van der Waals surface area contributed by atoms with Crippen LogP contribution in [0.3, 0.4) is 0 Å². The van der Waals surface area contributed by atoms with Crippen molar-refractivity contribution >= 4 is 5.82 Å². The van der Waals surface area contributed by atoms with Crippen molar-refractivity contribution in [1.29, 1.82) is 0 Å². The van der Waals surface area contributed by atoms with Crippen molar-refractivity contribution in [2.45, 2.75) is 0 Å². The normalized spacial score (nSPS) is 10.4. The molecule has 3 heteroatoms. The monoisotopic (exact) mass is 188 g/mol. The lowest BCUT2D eigenvalue weighted by Gasteiger charge is -2.01. The minimum absolute atomic E-state index is 0.770. The Balaban J connectivity index is 2.58. The van der Waals surface area contributed by atoms with Gasteiger partial charge in [0.05, 0.1) is 11.8 Å². The first kappa shape index (κ1) is 8.81. The molecule has 0 fully saturated rings. The first-order chi connectivity index (χ1) is 6.70. The van der Waals surface area contributed by atoms with Crippen molar-refractivity contribution < 1.29 is 4.68 Å². The second-order valence-electron chi connectivity index (χ2n) is 3.37. The molecule has 0 radical (unpaired) electrons. The van der Waals surface area contributed by atoms with Gasteiger partial charge in [0, 0.05) is 12.6 Å². The van der Waals surface area contributed by atoms with Crippen LogP contribution in [0.15, 0.2) is 36.4 Å². The number of nitrogens with zero attached hydrogens (tertiary/aromatic N) is 2. The molecule has 0 aliphatic heterocycles. The molecule has 0 saturated heterocycles. The largest absolute Gasteiger partial charge is 0.293 e. The number of aromatic nitrogens is 2. The Bertz CT molecular complexity index is 443.